The van der Waals surface area contributed by atoms with E-state index in [2.05, 4.69) is 87.5 Å². The third-order valence-electron chi connectivity index (χ3n) is 6.01. The van der Waals surface area contributed by atoms with Crippen LogP contribution >= 0.6 is 0 Å². The Morgan fingerprint density at radius 3 is 2.50 bits per heavy atom. The first-order valence-corrected chi connectivity index (χ1v) is 9.82. The van der Waals surface area contributed by atoms with Gasteiger partial charge in [-0.15, -0.1) is 0 Å². The van der Waals surface area contributed by atoms with E-state index in [4.69, 9.17) is 0 Å². The summed E-state index contributed by atoms with van der Waals surface area (Å²) in [7, 11) is 0. The molecule has 28 heavy (non-hydrogen) atoms. The molecule has 0 N–H and O–H groups in total. The maximum absolute atomic E-state index is 2.50. The van der Waals surface area contributed by atoms with Gasteiger partial charge >= 0.3 is 0 Å². The number of imidazole rings is 1. The van der Waals surface area contributed by atoms with Crippen molar-refractivity contribution in [3.63, 3.8) is 0 Å². The number of aryl methyl sites for hydroxylation is 1. The van der Waals surface area contributed by atoms with Crippen LogP contribution in [-0.4, -0.2) is 17.5 Å². The van der Waals surface area contributed by atoms with Crippen LogP contribution < -0.4 is 33.3 Å². The number of hydrogen-bond acceptors (Lipinski definition) is 1. The maximum atomic E-state index is 2.50. The molecule has 0 bridgehead atoms. The highest BCUT2D eigenvalue weighted by atomic mass is 127. The Morgan fingerprint density at radius 1 is 0.821 bits per heavy atom. The van der Waals surface area contributed by atoms with Gasteiger partial charge in [0.2, 0.25) is 0 Å². The molecule has 1 fully saturated rings. The molecule has 0 saturated carbocycles. The normalized spacial score (nSPS) is 14.4. The molecule has 1 aliphatic rings. The molecular weight excluding hydrogens is 457 g/mol. The molecule has 0 aliphatic carbocycles. The Balaban J connectivity index is 0.00000171. The summed E-state index contributed by atoms with van der Waals surface area (Å²) in [5.41, 5.74) is 7.60. The molecule has 5 aromatic rings. The van der Waals surface area contributed by atoms with Gasteiger partial charge in [0.05, 0.1) is 0 Å². The summed E-state index contributed by atoms with van der Waals surface area (Å²) < 4.78 is 4.69. The molecule has 140 valence electrons. The van der Waals surface area contributed by atoms with E-state index in [1.54, 1.807) is 0 Å². The van der Waals surface area contributed by atoms with Crippen molar-refractivity contribution in [2.75, 3.05) is 18.0 Å². The van der Waals surface area contributed by atoms with E-state index >= 15 is 0 Å². The summed E-state index contributed by atoms with van der Waals surface area (Å²) in [4.78, 5) is 2.50. The molecule has 1 aliphatic heterocycles. The van der Waals surface area contributed by atoms with Crippen molar-refractivity contribution in [2.45, 2.75) is 19.8 Å². The number of nitrogens with zero attached hydrogens (tertiary/aromatic N) is 3. The van der Waals surface area contributed by atoms with Crippen LogP contribution in [0.3, 0.4) is 0 Å². The van der Waals surface area contributed by atoms with Gasteiger partial charge in [0.15, 0.2) is 5.52 Å². The Bertz CT molecular complexity index is 1350. The van der Waals surface area contributed by atoms with Gasteiger partial charge in [-0.2, -0.15) is 8.80 Å². The number of anilines is 1. The lowest BCUT2D eigenvalue weighted by molar-refractivity contribution is -0.479. The molecule has 6 rings (SSSR count). The molecule has 0 amide bonds. The van der Waals surface area contributed by atoms with Gasteiger partial charge in [-0.05, 0) is 68.3 Å². The summed E-state index contributed by atoms with van der Waals surface area (Å²) in [6.45, 7) is 4.52. The molecule has 2 aromatic carbocycles. The Hall–Kier alpha value is -2.34. The number of pyridine rings is 2. The van der Waals surface area contributed by atoms with Crippen LogP contribution in [0, 0.1) is 6.92 Å². The molecule has 1 saturated heterocycles. The number of halogens is 1. The third-order valence-corrected chi connectivity index (χ3v) is 6.01. The van der Waals surface area contributed by atoms with E-state index in [1.807, 2.05) is 0 Å². The highest BCUT2D eigenvalue weighted by Gasteiger charge is 2.18. The number of fused-ring (bicyclic) bond motifs is 7. The van der Waals surface area contributed by atoms with Gasteiger partial charge in [-0.1, -0.05) is 11.6 Å². The smallest absolute Gasteiger partial charge is 0.292 e. The molecule has 0 radical (unpaired) electrons. The predicted octanol–water partition coefficient (Wildman–Crippen LogP) is 1.90. The number of rotatable bonds is 1. The van der Waals surface area contributed by atoms with Crippen LogP contribution in [0.15, 0.2) is 66.9 Å². The van der Waals surface area contributed by atoms with Crippen LogP contribution in [0.1, 0.15) is 18.4 Å². The summed E-state index contributed by atoms with van der Waals surface area (Å²) in [6.07, 6.45) is 4.87. The molecule has 0 unspecified atom stereocenters. The fourth-order valence-corrected chi connectivity index (χ4v) is 4.64. The van der Waals surface area contributed by atoms with Crippen LogP contribution in [0.5, 0.6) is 0 Å². The molecule has 3 aromatic heterocycles. The number of benzene rings is 2. The molecule has 3 nitrogen and oxygen atoms in total. The highest BCUT2D eigenvalue weighted by Crippen LogP contribution is 2.26. The van der Waals surface area contributed by atoms with E-state index in [9.17, 15) is 0 Å². The van der Waals surface area contributed by atoms with Crippen molar-refractivity contribution in [1.29, 1.82) is 0 Å². The SMILES string of the molecule is Cc1ccc2c(ccc3c[n+]4c5ccc(N6CCCC6)cc5ccc4n32)c1.[I-]. The summed E-state index contributed by atoms with van der Waals surface area (Å²) in [5, 5.41) is 2.58. The lowest BCUT2D eigenvalue weighted by atomic mass is 10.1. The van der Waals surface area contributed by atoms with Gasteiger partial charge in [0.1, 0.15) is 17.2 Å². The van der Waals surface area contributed by atoms with Crippen LogP contribution in [0.25, 0.3) is 33.0 Å². The van der Waals surface area contributed by atoms with E-state index in [1.165, 1.54) is 70.2 Å². The molecule has 0 spiro atoms. The fourth-order valence-electron chi connectivity index (χ4n) is 4.64. The minimum absolute atomic E-state index is 0. The number of aromatic nitrogens is 2. The Morgan fingerprint density at radius 2 is 1.64 bits per heavy atom. The van der Waals surface area contributed by atoms with Crippen molar-refractivity contribution < 1.29 is 28.4 Å². The zero-order chi connectivity index (χ0) is 18.0. The van der Waals surface area contributed by atoms with Gasteiger partial charge in [-0.25, -0.2) is 0 Å². The van der Waals surface area contributed by atoms with Crippen molar-refractivity contribution in [1.82, 2.24) is 4.40 Å². The van der Waals surface area contributed by atoms with Crippen LogP contribution in [0.4, 0.5) is 5.69 Å². The Labute approximate surface area is 181 Å². The van der Waals surface area contributed by atoms with Gasteiger partial charge in [-0.3, -0.25) is 0 Å². The fraction of sp³-hybridized carbons (Fsp3) is 0.208. The van der Waals surface area contributed by atoms with Gasteiger partial charge < -0.3 is 28.9 Å². The third kappa shape index (κ3) is 2.58. The molecule has 0 atom stereocenters. The zero-order valence-corrected chi connectivity index (χ0v) is 18.1. The maximum Gasteiger partial charge on any atom is 0.292 e. The quantitative estimate of drug-likeness (QED) is 0.264. The van der Waals surface area contributed by atoms with E-state index in [0.717, 1.165) is 0 Å². The van der Waals surface area contributed by atoms with Crippen LogP contribution in [-0.2, 0) is 0 Å². The first kappa shape index (κ1) is 17.7. The monoisotopic (exact) mass is 479 g/mol. The first-order valence-electron chi connectivity index (χ1n) is 9.82. The average Bonchev–Trinajstić information content (AvgIpc) is 3.35. The minimum atomic E-state index is 0. The standard InChI is InChI=1S/C24H22N3.HI/c1-17-4-9-23-18(14-17)5-7-21-16-26-22-10-8-20(25-12-2-3-13-25)15-19(22)6-11-24(26)27(21)23;/h4-11,14-16H,2-3,12-13H2,1H3;1H/q+1;/p-1. The zero-order valence-electron chi connectivity index (χ0n) is 15.9. The second kappa shape index (κ2) is 6.62. The highest BCUT2D eigenvalue weighted by molar-refractivity contribution is 5.86. The van der Waals surface area contributed by atoms with Crippen molar-refractivity contribution in [2.24, 2.45) is 0 Å². The lowest BCUT2D eigenvalue weighted by Crippen LogP contribution is -3.00. The van der Waals surface area contributed by atoms with E-state index in [0.29, 0.717) is 0 Å². The van der Waals surface area contributed by atoms with E-state index in [-0.39, 0.29) is 24.0 Å². The van der Waals surface area contributed by atoms with E-state index < -0.39 is 0 Å². The average molecular weight is 479 g/mol. The van der Waals surface area contributed by atoms with Crippen molar-refractivity contribution in [3.8, 4) is 0 Å². The second-order valence-electron chi connectivity index (χ2n) is 7.78. The summed E-state index contributed by atoms with van der Waals surface area (Å²) in [6, 6.07) is 22.6. The van der Waals surface area contributed by atoms with Gasteiger partial charge in [0, 0.05) is 35.6 Å². The summed E-state index contributed by atoms with van der Waals surface area (Å²) >= 11 is 0. The van der Waals surface area contributed by atoms with Crippen molar-refractivity contribution in [3.05, 3.63) is 72.4 Å². The number of hydrogen-bond donors (Lipinski definition) is 0. The largest absolute Gasteiger partial charge is 1.00 e. The topological polar surface area (TPSA) is 11.8 Å². The van der Waals surface area contributed by atoms with Crippen LogP contribution in [0.2, 0.25) is 0 Å². The summed E-state index contributed by atoms with van der Waals surface area (Å²) in [5.74, 6) is 0. The lowest BCUT2D eigenvalue weighted by Gasteiger charge is -2.17. The van der Waals surface area contributed by atoms with Crippen molar-refractivity contribution >= 4 is 38.7 Å². The predicted molar refractivity (Wildman–Crippen MR) is 112 cm³/mol. The second-order valence-corrected chi connectivity index (χ2v) is 7.78. The molecule has 4 heterocycles. The Kier molecular flexibility index (Phi) is 4.19. The molecular formula is C24H22IN3. The minimum Gasteiger partial charge on any atom is -1.00 e. The molecule has 4 heteroatoms. The first-order chi connectivity index (χ1) is 13.3. The van der Waals surface area contributed by atoms with Gasteiger partial charge in [0.25, 0.3) is 5.65 Å².